The summed E-state index contributed by atoms with van der Waals surface area (Å²) in [6, 6.07) is 0.406. The van der Waals surface area contributed by atoms with Gasteiger partial charge in [-0.05, 0) is 34.6 Å². The molecule has 0 aromatic rings. The molecule has 94 valence electrons. The molecule has 0 saturated heterocycles. The molecule has 0 aliphatic heterocycles. The average Bonchev–Trinajstić information content (AvgIpc) is 1.98. The van der Waals surface area contributed by atoms with Crippen LogP contribution in [-0.4, -0.2) is 23.9 Å². The van der Waals surface area contributed by atoms with Gasteiger partial charge in [0, 0.05) is 24.6 Å². The highest BCUT2D eigenvalue weighted by atomic mass is 16.6. The average molecular weight is 228 g/mol. The Labute approximate surface area is 98.4 Å². The molecule has 0 heterocycles. The molecule has 0 spiro atoms. The number of hydrogen-bond acceptors (Lipinski definition) is 4. The highest BCUT2D eigenvalue weighted by Gasteiger charge is 2.29. The molecule has 16 heavy (non-hydrogen) atoms. The van der Waals surface area contributed by atoms with Crippen molar-refractivity contribution in [2.75, 3.05) is 0 Å². The molecule has 0 saturated carbocycles. The topological polar surface area (TPSA) is 50.4 Å². The van der Waals surface area contributed by atoms with E-state index in [1.54, 1.807) is 13.8 Å². The standard InChI is InChI=1S/C12H24N2O2/c1-8(2)11(15)16-12(7,13-9(3)4)14-10(5)6/h9-10,13-14H,1H2,2-7H3. The second-order valence-electron chi connectivity index (χ2n) is 4.80. The predicted octanol–water partition coefficient (Wildman–Crippen LogP) is 1.78. The monoisotopic (exact) mass is 228 g/mol. The van der Waals surface area contributed by atoms with Crippen molar-refractivity contribution in [1.29, 1.82) is 0 Å². The molecule has 0 unspecified atom stereocenters. The Balaban J connectivity index is 4.65. The van der Waals surface area contributed by atoms with Crippen molar-refractivity contribution in [2.45, 2.75) is 59.5 Å². The van der Waals surface area contributed by atoms with E-state index in [1.165, 1.54) is 0 Å². The van der Waals surface area contributed by atoms with Gasteiger partial charge >= 0.3 is 5.97 Å². The van der Waals surface area contributed by atoms with Gasteiger partial charge < -0.3 is 4.74 Å². The number of esters is 1. The molecule has 0 bridgehead atoms. The van der Waals surface area contributed by atoms with Crippen molar-refractivity contribution >= 4 is 5.97 Å². The fourth-order valence-corrected chi connectivity index (χ4v) is 1.47. The Hall–Kier alpha value is -0.870. The van der Waals surface area contributed by atoms with Crippen LogP contribution >= 0.6 is 0 Å². The van der Waals surface area contributed by atoms with Crippen LogP contribution in [0.2, 0.25) is 0 Å². The molecule has 2 N–H and O–H groups in total. The fraction of sp³-hybridized carbons (Fsp3) is 0.750. The molecule has 4 heteroatoms. The van der Waals surface area contributed by atoms with Gasteiger partial charge in [-0.25, -0.2) is 4.79 Å². The molecule has 0 aliphatic rings. The Morgan fingerprint density at radius 3 is 1.81 bits per heavy atom. The van der Waals surface area contributed by atoms with E-state index < -0.39 is 11.8 Å². The molecular weight excluding hydrogens is 204 g/mol. The molecule has 4 nitrogen and oxygen atoms in total. The van der Waals surface area contributed by atoms with Crippen LogP contribution in [0.1, 0.15) is 41.5 Å². The van der Waals surface area contributed by atoms with Crippen LogP contribution in [-0.2, 0) is 9.53 Å². The maximum absolute atomic E-state index is 11.5. The summed E-state index contributed by atoms with van der Waals surface area (Å²) in [7, 11) is 0. The molecule has 0 fully saturated rings. The van der Waals surface area contributed by atoms with Crippen LogP contribution in [0.25, 0.3) is 0 Å². The van der Waals surface area contributed by atoms with Crippen molar-refractivity contribution in [3.8, 4) is 0 Å². The summed E-state index contributed by atoms with van der Waals surface area (Å²) < 4.78 is 5.36. The maximum Gasteiger partial charge on any atom is 0.335 e. The van der Waals surface area contributed by atoms with Gasteiger partial charge in [0.1, 0.15) is 0 Å². The quantitative estimate of drug-likeness (QED) is 0.413. The van der Waals surface area contributed by atoms with Gasteiger partial charge in [-0.1, -0.05) is 6.58 Å². The number of nitrogens with one attached hydrogen (secondary N) is 2. The van der Waals surface area contributed by atoms with E-state index in [0.717, 1.165) is 0 Å². The van der Waals surface area contributed by atoms with E-state index in [2.05, 4.69) is 17.2 Å². The number of hydrogen-bond donors (Lipinski definition) is 2. The first-order valence-corrected chi connectivity index (χ1v) is 5.60. The van der Waals surface area contributed by atoms with Crippen molar-refractivity contribution in [2.24, 2.45) is 0 Å². The number of carbonyl (C=O) groups is 1. The molecule has 0 atom stereocenters. The third-order valence-corrected chi connectivity index (χ3v) is 1.77. The van der Waals surface area contributed by atoms with E-state index in [1.807, 2.05) is 27.7 Å². The summed E-state index contributed by atoms with van der Waals surface area (Å²) in [5, 5.41) is 6.36. The van der Waals surface area contributed by atoms with E-state index in [0.29, 0.717) is 5.57 Å². The van der Waals surface area contributed by atoms with Gasteiger partial charge in [-0.15, -0.1) is 0 Å². The molecule has 0 aliphatic carbocycles. The lowest BCUT2D eigenvalue weighted by Gasteiger charge is -2.35. The zero-order valence-electron chi connectivity index (χ0n) is 11.2. The predicted molar refractivity (Wildman–Crippen MR) is 65.9 cm³/mol. The Kier molecular flexibility index (Phi) is 5.68. The van der Waals surface area contributed by atoms with Crippen molar-refractivity contribution < 1.29 is 9.53 Å². The highest BCUT2D eigenvalue weighted by Crippen LogP contribution is 2.08. The van der Waals surface area contributed by atoms with E-state index in [4.69, 9.17) is 4.74 Å². The SMILES string of the molecule is C=C(C)C(=O)OC(C)(NC(C)C)NC(C)C. The summed E-state index contributed by atoms with van der Waals surface area (Å²) in [6.07, 6.45) is 0. The molecular formula is C12H24N2O2. The van der Waals surface area contributed by atoms with Crippen molar-refractivity contribution in [3.63, 3.8) is 0 Å². The summed E-state index contributed by atoms with van der Waals surface area (Å²) >= 11 is 0. The largest absolute Gasteiger partial charge is 0.427 e. The lowest BCUT2D eigenvalue weighted by atomic mass is 10.3. The zero-order chi connectivity index (χ0) is 12.9. The van der Waals surface area contributed by atoms with Crippen LogP contribution in [0.5, 0.6) is 0 Å². The van der Waals surface area contributed by atoms with Gasteiger partial charge in [0.05, 0.1) is 0 Å². The molecule has 0 amide bonds. The smallest absolute Gasteiger partial charge is 0.335 e. The number of carbonyl (C=O) groups excluding carboxylic acids is 1. The van der Waals surface area contributed by atoms with Gasteiger partial charge in [0.15, 0.2) is 0 Å². The second kappa shape index (κ2) is 6.01. The van der Waals surface area contributed by atoms with Gasteiger partial charge in [-0.3, -0.25) is 10.6 Å². The zero-order valence-corrected chi connectivity index (χ0v) is 11.2. The Morgan fingerprint density at radius 1 is 1.19 bits per heavy atom. The second-order valence-corrected chi connectivity index (χ2v) is 4.80. The van der Waals surface area contributed by atoms with E-state index >= 15 is 0 Å². The Morgan fingerprint density at radius 2 is 1.56 bits per heavy atom. The molecule has 0 rings (SSSR count). The summed E-state index contributed by atoms with van der Waals surface area (Å²) in [6.45, 7) is 15.0. The lowest BCUT2D eigenvalue weighted by molar-refractivity contribution is -0.162. The molecule has 0 aromatic carbocycles. The third-order valence-electron chi connectivity index (χ3n) is 1.77. The maximum atomic E-state index is 11.5. The normalized spacial score (nSPS) is 12.0. The fourth-order valence-electron chi connectivity index (χ4n) is 1.47. The van der Waals surface area contributed by atoms with Crippen LogP contribution in [0.3, 0.4) is 0 Å². The lowest BCUT2D eigenvalue weighted by Crippen LogP contribution is -2.61. The van der Waals surface area contributed by atoms with Crippen molar-refractivity contribution in [1.82, 2.24) is 10.6 Å². The minimum absolute atomic E-state index is 0.203. The first-order valence-electron chi connectivity index (χ1n) is 5.60. The summed E-state index contributed by atoms with van der Waals surface area (Å²) in [4.78, 5) is 11.5. The third kappa shape index (κ3) is 5.88. The van der Waals surface area contributed by atoms with E-state index in [-0.39, 0.29) is 12.1 Å². The Bertz CT molecular complexity index is 250. The van der Waals surface area contributed by atoms with E-state index in [9.17, 15) is 4.79 Å². The van der Waals surface area contributed by atoms with Crippen molar-refractivity contribution in [3.05, 3.63) is 12.2 Å². The van der Waals surface area contributed by atoms with Crippen LogP contribution in [0.4, 0.5) is 0 Å². The first kappa shape index (κ1) is 15.1. The molecule has 0 aromatic heterocycles. The van der Waals surface area contributed by atoms with Gasteiger partial charge in [0.2, 0.25) is 5.85 Å². The highest BCUT2D eigenvalue weighted by molar-refractivity contribution is 5.87. The van der Waals surface area contributed by atoms with Gasteiger partial charge in [-0.2, -0.15) is 0 Å². The summed E-state index contributed by atoms with van der Waals surface area (Å²) in [5.41, 5.74) is 0.391. The van der Waals surface area contributed by atoms with Crippen LogP contribution in [0.15, 0.2) is 12.2 Å². The minimum Gasteiger partial charge on any atom is -0.427 e. The summed E-state index contributed by atoms with van der Waals surface area (Å²) in [5.74, 6) is -1.26. The van der Waals surface area contributed by atoms with Crippen LogP contribution in [0, 0.1) is 0 Å². The van der Waals surface area contributed by atoms with Gasteiger partial charge in [0.25, 0.3) is 0 Å². The number of ether oxygens (including phenoxy) is 1. The minimum atomic E-state index is -0.863. The number of rotatable bonds is 6. The first-order chi connectivity index (χ1) is 7.16. The van der Waals surface area contributed by atoms with Crippen LogP contribution < -0.4 is 10.6 Å². The molecule has 0 radical (unpaired) electrons.